The Morgan fingerprint density at radius 2 is 1.68 bits per heavy atom. The number of benzene rings is 2. The van der Waals surface area contributed by atoms with Gasteiger partial charge in [0.2, 0.25) is 0 Å². The number of hydrogen-bond donors (Lipinski definition) is 1. The van der Waals surface area contributed by atoms with Crippen molar-refractivity contribution in [3.05, 3.63) is 60.2 Å². The minimum Gasteiger partial charge on any atom is -0.507 e. The molecule has 118 valence electrons. The van der Waals surface area contributed by atoms with Gasteiger partial charge < -0.3 is 9.84 Å². The molecule has 0 fully saturated rings. The Balaban J connectivity index is 0.000000224. The second kappa shape index (κ2) is 10.9. The lowest BCUT2D eigenvalue weighted by Gasteiger charge is -2.03. The molecule has 0 bridgehead atoms. The van der Waals surface area contributed by atoms with E-state index in [9.17, 15) is 4.79 Å². The van der Waals surface area contributed by atoms with Crippen LogP contribution in [0.1, 0.15) is 30.1 Å². The van der Waals surface area contributed by atoms with Crippen LogP contribution in [0.3, 0.4) is 0 Å². The molecule has 0 saturated carbocycles. The number of halogens is 1. The molecular weight excluding hydrogens is 344 g/mol. The van der Waals surface area contributed by atoms with E-state index in [1.165, 1.54) is 19.4 Å². The topological polar surface area (TPSA) is 46.5 Å². The first kappa shape index (κ1) is 18.2. The second-order valence-electron chi connectivity index (χ2n) is 4.63. The zero-order chi connectivity index (χ0) is 16.2. The highest BCUT2D eigenvalue weighted by Gasteiger charge is 2.02. The van der Waals surface area contributed by atoms with Gasteiger partial charge in [-0.25, -0.2) is 0 Å². The molecule has 2 aromatic rings. The maximum atomic E-state index is 10.7. The van der Waals surface area contributed by atoms with E-state index in [2.05, 4.69) is 15.9 Å². The molecule has 0 aliphatic heterocycles. The van der Waals surface area contributed by atoms with Crippen LogP contribution in [-0.4, -0.2) is 22.8 Å². The second-order valence-corrected chi connectivity index (χ2v) is 5.42. The molecule has 0 aromatic heterocycles. The first-order chi connectivity index (χ1) is 10.6. The Morgan fingerprint density at radius 3 is 2.23 bits per heavy atom. The van der Waals surface area contributed by atoms with E-state index in [4.69, 9.17) is 9.84 Å². The molecule has 22 heavy (non-hydrogen) atoms. The molecule has 2 rings (SSSR count). The van der Waals surface area contributed by atoms with E-state index < -0.39 is 0 Å². The molecule has 0 aliphatic rings. The highest BCUT2D eigenvalue weighted by molar-refractivity contribution is 9.09. The molecule has 2 aromatic carbocycles. The third-order valence-electron chi connectivity index (χ3n) is 2.82. The zero-order valence-electron chi connectivity index (χ0n) is 12.7. The van der Waals surface area contributed by atoms with Gasteiger partial charge in [-0.3, -0.25) is 4.79 Å². The molecular formula is C18H21BrO3. The zero-order valence-corrected chi connectivity index (χ0v) is 14.3. The summed E-state index contributed by atoms with van der Waals surface area (Å²) in [6.07, 6.45) is 2.28. The summed E-state index contributed by atoms with van der Waals surface area (Å²) in [4.78, 5) is 10.7. The van der Waals surface area contributed by atoms with Crippen LogP contribution in [0, 0.1) is 0 Å². The van der Waals surface area contributed by atoms with Crippen molar-refractivity contribution in [3.63, 3.8) is 0 Å². The molecule has 1 N–H and O–H groups in total. The van der Waals surface area contributed by atoms with Crippen molar-refractivity contribution >= 4 is 21.7 Å². The van der Waals surface area contributed by atoms with Crippen molar-refractivity contribution in [3.8, 4) is 11.5 Å². The Bertz CT molecular complexity index is 555. The van der Waals surface area contributed by atoms with Gasteiger partial charge in [0.05, 0.1) is 12.2 Å². The minimum atomic E-state index is -0.113. The third kappa shape index (κ3) is 7.27. The number of rotatable bonds is 6. The van der Waals surface area contributed by atoms with Crippen LogP contribution < -0.4 is 4.74 Å². The molecule has 0 heterocycles. The molecule has 0 spiro atoms. The summed E-state index contributed by atoms with van der Waals surface area (Å²) >= 11 is 3.38. The van der Waals surface area contributed by atoms with Gasteiger partial charge >= 0.3 is 0 Å². The summed E-state index contributed by atoms with van der Waals surface area (Å²) in [6, 6.07) is 16.4. The molecule has 4 heteroatoms. The number of phenols is 1. The van der Waals surface area contributed by atoms with Gasteiger partial charge in [-0.15, -0.1) is 0 Å². The normalized spacial score (nSPS) is 9.55. The fraction of sp³-hybridized carbons (Fsp3) is 0.278. The predicted octanol–water partition coefficient (Wildman–Crippen LogP) is 4.84. The van der Waals surface area contributed by atoms with Crippen molar-refractivity contribution in [2.24, 2.45) is 0 Å². The van der Waals surface area contributed by atoms with Crippen molar-refractivity contribution in [1.82, 2.24) is 0 Å². The summed E-state index contributed by atoms with van der Waals surface area (Å²) in [5.41, 5.74) is 0.377. The summed E-state index contributed by atoms with van der Waals surface area (Å²) in [5.74, 6) is 0.903. The Kier molecular flexibility index (Phi) is 9.00. The molecule has 0 aliphatic carbocycles. The monoisotopic (exact) mass is 364 g/mol. The first-order valence-electron chi connectivity index (χ1n) is 7.18. The van der Waals surface area contributed by atoms with Gasteiger partial charge in [-0.1, -0.05) is 46.3 Å². The van der Waals surface area contributed by atoms with E-state index in [0.717, 1.165) is 24.1 Å². The van der Waals surface area contributed by atoms with Crippen molar-refractivity contribution in [2.45, 2.75) is 19.8 Å². The van der Waals surface area contributed by atoms with Crippen molar-refractivity contribution in [1.29, 1.82) is 0 Å². The Hall–Kier alpha value is -1.81. The molecule has 0 unspecified atom stereocenters. The number of ketones is 1. The van der Waals surface area contributed by atoms with E-state index in [1.54, 1.807) is 18.2 Å². The molecule has 3 nitrogen and oxygen atoms in total. The van der Waals surface area contributed by atoms with Crippen LogP contribution in [0.15, 0.2) is 54.6 Å². The summed E-state index contributed by atoms with van der Waals surface area (Å²) < 4.78 is 5.49. The number of ether oxygens (including phenoxy) is 1. The number of phenolic OH excluding ortho intramolecular Hbond substituents is 1. The smallest absolute Gasteiger partial charge is 0.163 e. The Morgan fingerprint density at radius 1 is 1.05 bits per heavy atom. The number of para-hydroxylation sites is 2. The number of aromatic hydroxyl groups is 1. The lowest BCUT2D eigenvalue weighted by Crippen LogP contribution is -1.96. The highest BCUT2D eigenvalue weighted by atomic mass is 79.9. The van der Waals surface area contributed by atoms with Crippen LogP contribution in [0.4, 0.5) is 0 Å². The number of Topliss-reactive ketones (excluding diaryl/α,β-unsaturated/α-hetero) is 1. The average Bonchev–Trinajstić information content (AvgIpc) is 2.53. The Labute approximate surface area is 140 Å². The van der Waals surface area contributed by atoms with Gasteiger partial charge in [0.15, 0.2) is 5.78 Å². The number of unbranched alkanes of at least 4 members (excludes halogenated alkanes) is 1. The van der Waals surface area contributed by atoms with E-state index >= 15 is 0 Å². The summed E-state index contributed by atoms with van der Waals surface area (Å²) in [7, 11) is 0. The third-order valence-corrected chi connectivity index (χ3v) is 3.38. The van der Waals surface area contributed by atoms with Crippen LogP contribution in [-0.2, 0) is 0 Å². The van der Waals surface area contributed by atoms with Gasteiger partial charge in [0, 0.05) is 5.33 Å². The number of alkyl halides is 1. The lowest BCUT2D eigenvalue weighted by molar-refractivity contribution is 0.101. The van der Waals surface area contributed by atoms with E-state index in [1.807, 2.05) is 30.3 Å². The number of hydrogen-bond acceptors (Lipinski definition) is 3. The first-order valence-corrected chi connectivity index (χ1v) is 8.30. The minimum absolute atomic E-state index is 0.0509. The maximum absolute atomic E-state index is 10.7. The van der Waals surface area contributed by atoms with Crippen LogP contribution in [0.5, 0.6) is 11.5 Å². The largest absolute Gasteiger partial charge is 0.507 e. The highest BCUT2D eigenvalue weighted by Crippen LogP contribution is 2.15. The molecule has 0 amide bonds. The SMILES string of the molecule is BrCCCCOc1ccccc1.CC(=O)c1ccccc1O. The van der Waals surface area contributed by atoms with Gasteiger partial charge in [0.1, 0.15) is 11.5 Å². The molecule has 0 radical (unpaired) electrons. The summed E-state index contributed by atoms with van der Waals surface area (Å²) in [5, 5.41) is 10.1. The van der Waals surface area contributed by atoms with Crippen LogP contribution in [0.2, 0.25) is 0 Å². The standard InChI is InChI=1S/C10H13BrO.C8H8O2/c11-8-4-5-9-12-10-6-2-1-3-7-10;1-6(9)7-4-2-3-5-8(7)10/h1-3,6-7H,4-5,8-9H2;2-5,10H,1H3. The van der Waals surface area contributed by atoms with Crippen molar-refractivity contribution < 1.29 is 14.6 Å². The fourth-order valence-electron chi connectivity index (χ4n) is 1.67. The maximum Gasteiger partial charge on any atom is 0.163 e. The fourth-order valence-corrected chi connectivity index (χ4v) is 2.07. The number of carbonyl (C=O) groups is 1. The summed E-state index contributed by atoms with van der Waals surface area (Å²) in [6.45, 7) is 2.24. The van der Waals surface area contributed by atoms with Gasteiger partial charge in [-0.05, 0) is 44.0 Å². The molecule has 0 atom stereocenters. The van der Waals surface area contributed by atoms with Crippen LogP contribution in [0.25, 0.3) is 0 Å². The predicted molar refractivity (Wildman–Crippen MR) is 93.1 cm³/mol. The van der Waals surface area contributed by atoms with Crippen molar-refractivity contribution in [2.75, 3.05) is 11.9 Å². The quantitative estimate of drug-likeness (QED) is 0.453. The van der Waals surface area contributed by atoms with Gasteiger partial charge in [-0.2, -0.15) is 0 Å². The van der Waals surface area contributed by atoms with Gasteiger partial charge in [0.25, 0.3) is 0 Å². The van der Waals surface area contributed by atoms with Crippen LogP contribution >= 0.6 is 15.9 Å². The van der Waals surface area contributed by atoms with E-state index in [-0.39, 0.29) is 11.5 Å². The molecule has 0 saturated heterocycles. The van der Waals surface area contributed by atoms with E-state index in [0.29, 0.717) is 5.56 Å². The average molecular weight is 365 g/mol. The lowest BCUT2D eigenvalue weighted by atomic mass is 10.1. The number of carbonyl (C=O) groups excluding carboxylic acids is 1.